The van der Waals surface area contributed by atoms with Gasteiger partial charge in [0.25, 0.3) is 12.4 Å². The van der Waals surface area contributed by atoms with Crippen LogP contribution in [0.15, 0.2) is 54.6 Å². The van der Waals surface area contributed by atoms with Crippen molar-refractivity contribution in [2.75, 3.05) is 6.54 Å². The molecule has 0 aliphatic carbocycles. The number of carbonyl (C=O) groups is 2. The zero-order valence-electron chi connectivity index (χ0n) is 15.0. The van der Waals surface area contributed by atoms with Crippen LogP contribution in [0.3, 0.4) is 0 Å². The molecule has 5 heteroatoms. The second kappa shape index (κ2) is 10.2. The molecule has 0 saturated heterocycles. The first kappa shape index (κ1) is 19.4. The summed E-state index contributed by atoms with van der Waals surface area (Å²) in [6.45, 7) is 4.45. The average molecular weight is 352 g/mol. The number of hydrogen-bond acceptors (Lipinski definition) is 4. The van der Waals surface area contributed by atoms with Crippen molar-refractivity contribution < 1.29 is 14.3 Å². The molecule has 1 unspecified atom stereocenters. The Labute approximate surface area is 154 Å². The molecular weight excluding hydrogens is 328 g/mol. The van der Waals surface area contributed by atoms with Crippen LogP contribution in [-0.4, -0.2) is 31.2 Å². The summed E-state index contributed by atoms with van der Waals surface area (Å²) in [6.07, 6.45) is 3.47. The van der Waals surface area contributed by atoms with E-state index in [0.717, 1.165) is 11.1 Å². The summed E-state index contributed by atoms with van der Waals surface area (Å²) in [6, 6.07) is 17.5. The van der Waals surface area contributed by atoms with E-state index in [1.54, 1.807) is 12.1 Å². The Bertz CT molecular complexity index is 725. The normalized spacial score (nSPS) is 12.1. The molecule has 136 valence electrons. The van der Waals surface area contributed by atoms with E-state index in [4.69, 9.17) is 4.74 Å². The predicted molar refractivity (Wildman–Crippen MR) is 103 cm³/mol. The van der Waals surface area contributed by atoms with Gasteiger partial charge in [0.1, 0.15) is 0 Å². The molecule has 2 N–H and O–H groups in total. The molecule has 0 spiro atoms. The highest BCUT2D eigenvalue weighted by atomic mass is 16.5. The fraction of sp³-hybridized carbons (Fsp3) is 0.238. The molecule has 0 aromatic heterocycles. The van der Waals surface area contributed by atoms with Crippen molar-refractivity contribution in [3.8, 4) is 0 Å². The van der Waals surface area contributed by atoms with Crippen LogP contribution in [0.5, 0.6) is 0 Å². The summed E-state index contributed by atoms with van der Waals surface area (Å²) in [5.41, 5.74) is 2.68. The SMILES string of the molecule is CC(C)NC(CNC(=O)c1ccc(/C=C/c2ccccc2)cc1)OC=O. The second-order valence-electron chi connectivity index (χ2n) is 6.12. The largest absolute Gasteiger partial charge is 0.447 e. The minimum atomic E-state index is -0.551. The van der Waals surface area contributed by atoms with Crippen molar-refractivity contribution in [3.05, 3.63) is 71.3 Å². The van der Waals surface area contributed by atoms with Gasteiger partial charge in [-0.1, -0.05) is 54.6 Å². The number of rotatable bonds is 9. The maximum absolute atomic E-state index is 12.2. The van der Waals surface area contributed by atoms with Gasteiger partial charge in [-0.2, -0.15) is 0 Å². The highest BCUT2D eigenvalue weighted by molar-refractivity contribution is 5.94. The third kappa shape index (κ3) is 6.53. The minimum Gasteiger partial charge on any atom is -0.447 e. The average Bonchev–Trinajstić information content (AvgIpc) is 2.65. The molecule has 0 heterocycles. The van der Waals surface area contributed by atoms with Gasteiger partial charge in [-0.05, 0) is 37.1 Å². The molecule has 0 bridgehead atoms. The first-order chi connectivity index (χ1) is 12.6. The highest BCUT2D eigenvalue weighted by Crippen LogP contribution is 2.10. The fourth-order valence-electron chi connectivity index (χ4n) is 2.37. The Morgan fingerprint density at radius 1 is 1.00 bits per heavy atom. The number of benzene rings is 2. The van der Waals surface area contributed by atoms with E-state index in [1.165, 1.54) is 0 Å². The van der Waals surface area contributed by atoms with E-state index >= 15 is 0 Å². The first-order valence-electron chi connectivity index (χ1n) is 8.55. The quantitative estimate of drug-likeness (QED) is 0.413. The van der Waals surface area contributed by atoms with Crippen LogP contribution in [0.4, 0.5) is 0 Å². The summed E-state index contributed by atoms with van der Waals surface area (Å²) in [5, 5.41) is 5.81. The number of carbonyl (C=O) groups excluding carboxylic acids is 2. The van der Waals surface area contributed by atoms with Crippen molar-refractivity contribution in [1.29, 1.82) is 0 Å². The lowest BCUT2D eigenvalue weighted by Gasteiger charge is -2.19. The van der Waals surface area contributed by atoms with Crippen LogP contribution in [0, 0.1) is 0 Å². The summed E-state index contributed by atoms with van der Waals surface area (Å²) < 4.78 is 4.92. The minimum absolute atomic E-state index is 0.132. The van der Waals surface area contributed by atoms with E-state index < -0.39 is 6.23 Å². The molecule has 0 radical (unpaired) electrons. The molecule has 2 rings (SSSR count). The Kier molecular flexibility index (Phi) is 7.58. The van der Waals surface area contributed by atoms with E-state index in [-0.39, 0.29) is 18.5 Å². The highest BCUT2D eigenvalue weighted by Gasteiger charge is 2.12. The Balaban J connectivity index is 1.91. The molecule has 0 aliphatic heterocycles. The van der Waals surface area contributed by atoms with Gasteiger partial charge in [-0.3, -0.25) is 14.9 Å². The van der Waals surface area contributed by atoms with Crippen LogP contribution in [0.2, 0.25) is 0 Å². The van der Waals surface area contributed by atoms with Crippen LogP contribution < -0.4 is 10.6 Å². The molecule has 0 fully saturated rings. The van der Waals surface area contributed by atoms with E-state index in [9.17, 15) is 9.59 Å². The van der Waals surface area contributed by atoms with Gasteiger partial charge >= 0.3 is 0 Å². The van der Waals surface area contributed by atoms with Crippen molar-refractivity contribution in [3.63, 3.8) is 0 Å². The second-order valence-corrected chi connectivity index (χ2v) is 6.12. The first-order valence-corrected chi connectivity index (χ1v) is 8.55. The van der Waals surface area contributed by atoms with E-state index in [1.807, 2.05) is 68.5 Å². The third-order valence-corrected chi connectivity index (χ3v) is 3.63. The lowest BCUT2D eigenvalue weighted by molar-refractivity contribution is -0.135. The Morgan fingerprint density at radius 3 is 2.19 bits per heavy atom. The van der Waals surface area contributed by atoms with E-state index in [0.29, 0.717) is 12.0 Å². The molecule has 5 nitrogen and oxygen atoms in total. The lowest BCUT2D eigenvalue weighted by Crippen LogP contribution is -2.45. The number of hydrogen-bond donors (Lipinski definition) is 2. The Morgan fingerprint density at radius 2 is 1.62 bits per heavy atom. The summed E-state index contributed by atoms with van der Waals surface area (Å²) >= 11 is 0. The number of nitrogens with one attached hydrogen (secondary N) is 2. The topological polar surface area (TPSA) is 67.4 Å². The van der Waals surface area contributed by atoms with Gasteiger partial charge in [-0.25, -0.2) is 0 Å². The molecule has 2 aromatic rings. The van der Waals surface area contributed by atoms with Gasteiger partial charge in [0, 0.05) is 11.6 Å². The van der Waals surface area contributed by atoms with Crippen molar-refractivity contribution in [2.24, 2.45) is 0 Å². The fourth-order valence-corrected chi connectivity index (χ4v) is 2.37. The van der Waals surface area contributed by atoms with Crippen molar-refractivity contribution >= 4 is 24.5 Å². The predicted octanol–water partition coefficient (Wildman–Crippen LogP) is 3.08. The maximum atomic E-state index is 12.2. The lowest BCUT2D eigenvalue weighted by atomic mass is 10.1. The summed E-state index contributed by atoms with van der Waals surface area (Å²) in [5.74, 6) is -0.214. The standard InChI is InChI=1S/C21H24N2O3/c1-16(2)23-20(26-15-24)14-22-21(25)19-12-10-18(11-13-19)9-8-17-6-4-3-5-7-17/h3-13,15-16,20,23H,14H2,1-2H3,(H,22,25)/b9-8+. The van der Waals surface area contributed by atoms with Gasteiger partial charge in [0.05, 0.1) is 6.54 Å². The van der Waals surface area contributed by atoms with Crippen LogP contribution in [0.25, 0.3) is 12.2 Å². The zero-order chi connectivity index (χ0) is 18.8. The third-order valence-electron chi connectivity index (χ3n) is 3.63. The maximum Gasteiger partial charge on any atom is 0.294 e. The smallest absolute Gasteiger partial charge is 0.294 e. The molecule has 26 heavy (non-hydrogen) atoms. The van der Waals surface area contributed by atoms with Crippen molar-refractivity contribution in [2.45, 2.75) is 26.1 Å². The molecule has 2 aromatic carbocycles. The Hall–Kier alpha value is -2.92. The van der Waals surface area contributed by atoms with Gasteiger partial charge in [0.15, 0.2) is 6.23 Å². The number of ether oxygens (including phenoxy) is 1. The number of amides is 1. The van der Waals surface area contributed by atoms with Crippen LogP contribution in [-0.2, 0) is 9.53 Å². The molecular formula is C21H24N2O3. The zero-order valence-corrected chi connectivity index (χ0v) is 15.0. The summed E-state index contributed by atoms with van der Waals surface area (Å²) in [4.78, 5) is 22.8. The van der Waals surface area contributed by atoms with Crippen molar-refractivity contribution in [1.82, 2.24) is 10.6 Å². The molecule has 1 atom stereocenters. The molecule has 0 aliphatic rings. The molecule has 0 saturated carbocycles. The molecule has 1 amide bonds. The van der Waals surface area contributed by atoms with Gasteiger partial charge in [-0.15, -0.1) is 0 Å². The van der Waals surface area contributed by atoms with Crippen LogP contribution >= 0.6 is 0 Å². The van der Waals surface area contributed by atoms with Gasteiger partial charge in [0.2, 0.25) is 0 Å². The van der Waals surface area contributed by atoms with Gasteiger partial charge < -0.3 is 10.1 Å². The summed E-state index contributed by atoms with van der Waals surface area (Å²) in [7, 11) is 0. The monoisotopic (exact) mass is 352 g/mol. The van der Waals surface area contributed by atoms with Crippen LogP contribution in [0.1, 0.15) is 35.3 Å². The van der Waals surface area contributed by atoms with E-state index in [2.05, 4.69) is 10.6 Å².